The van der Waals surface area contributed by atoms with Gasteiger partial charge in [0.05, 0.1) is 18.6 Å². The predicted molar refractivity (Wildman–Crippen MR) is 154 cm³/mol. The number of rotatable bonds is 8. The number of benzene rings is 4. The molecule has 1 aromatic heterocycles. The first kappa shape index (κ1) is 27.6. The van der Waals surface area contributed by atoms with Crippen molar-refractivity contribution in [3.05, 3.63) is 108 Å². The van der Waals surface area contributed by atoms with Gasteiger partial charge in [0.2, 0.25) is 0 Å². The van der Waals surface area contributed by atoms with Gasteiger partial charge in [-0.3, -0.25) is 4.79 Å². The first-order valence-electron chi connectivity index (χ1n) is 13.0. The Balaban J connectivity index is 1.42. The van der Waals surface area contributed by atoms with Crippen molar-refractivity contribution in [2.24, 2.45) is 0 Å². The summed E-state index contributed by atoms with van der Waals surface area (Å²) in [5.74, 6) is 0.500. The van der Waals surface area contributed by atoms with Crippen LogP contribution in [0.1, 0.15) is 23.6 Å². The molecule has 0 aliphatic carbocycles. The fraction of sp³-hybridized carbons (Fsp3) is 0.156. The Hall–Kier alpha value is -4.92. The lowest BCUT2D eigenvalue weighted by Gasteiger charge is -2.11. The summed E-state index contributed by atoms with van der Waals surface area (Å²) in [4.78, 5) is 12.3. The summed E-state index contributed by atoms with van der Waals surface area (Å²) in [5, 5.41) is 0.931. The van der Waals surface area contributed by atoms with E-state index in [1.165, 1.54) is 12.1 Å². The molecule has 4 aromatic carbocycles. The van der Waals surface area contributed by atoms with Crippen LogP contribution in [0.4, 0.5) is 24.5 Å². The number of carbonyl (C=O) groups is 1. The molecule has 0 saturated heterocycles. The molecule has 0 fully saturated rings. The van der Waals surface area contributed by atoms with Crippen molar-refractivity contribution in [3.8, 4) is 22.6 Å². The maximum atomic E-state index is 12.8. The largest absolute Gasteiger partial charge is 0.466 e. The van der Waals surface area contributed by atoms with E-state index in [-0.39, 0.29) is 12.4 Å². The van der Waals surface area contributed by atoms with Crippen molar-refractivity contribution in [1.29, 1.82) is 0 Å². The lowest BCUT2D eigenvalue weighted by atomic mass is 10.0. The minimum absolute atomic E-state index is 0.141. The number of ether oxygens (including phenoxy) is 2. The van der Waals surface area contributed by atoms with E-state index in [2.05, 4.69) is 4.57 Å². The van der Waals surface area contributed by atoms with Crippen LogP contribution in [0.5, 0.6) is 11.5 Å². The lowest BCUT2D eigenvalue weighted by molar-refractivity contribution is -0.142. The minimum Gasteiger partial charge on any atom is -0.466 e. The first-order valence-corrected chi connectivity index (χ1v) is 13.0. The highest BCUT2D eigenvalue weighted by Gasteiger charge is 2.30. The first-order chi connectivity index (χ1) is 19.6. The Morgan fingerprint density at radius 1 is 0.829 bits per heavy atom. The number of nitrogens with two attached hydrogens (primary N) is 2. The summed E-state index contributed by atoms with van der Waals surface area (Å²) in [6.07, 6.45) is -2.31. The lowest BCUT2D eigenvalue weighted by Crippen LogP contribution is -2.07. The molecular weight excluding hydrogens is 531 g/mol. The van der Waals surface area contributed by atoms with Gasteiger partial charge in [-0.15, -0.1) is 0 Å². The quantitative estimate of drug-likeness (QED) is 0.152. The van der Waals surface area contributed by atoms with Crippen LogP contribution in [-0.4, -0.2) is 17.1 Å². The van der Waals surface area contributed by atoms with Gasteiger partial charge < -0.3 is 25.5 Å². The Morgan fingerprint density at radius 2 is 1.46 bits per heavy atom. The SMILES string of the molecule is CCOC(=O)Cc1cn(Cc2ccc(Oc3ccc(C(F)(F)F)cc3)cc2)c2cc(-c3cc(N)cc(N)c3)ccc12. The number of carbonyl (C=O) groups excluding carboxylic acids is 1. The summed E-state index contributed by atoms with van der Waals surface area (Å²) in [5.41, 5.74) is 17.0. The zero-order chi connectivity index (χ0) is 29.1. The second-order valence-corrected chi connectivity index (χ2v) is 9.65. The van der Waals surface area contributed by atoms with E-state index in [0.29, 0.717) is 36.0 Å². The number of nitrogens with zero attached hydrogens (tertiary/aromatic N) is 1. The number of esters is 1. The fourth-order valence-electron chi connectivity index (χ4n) is 4.74. The summed E-state index contributed by atoms with van der Waals surface area (Å²) in [7, 11) is 0. The summed E-state index contributed by atoms with van der Waals surface area (Å²) in [6.45, 7) is 2.58. The number of nitrogen functional groups attached to an aromatic ring is 2. The van der Waals surface area contributed by atoms with Gasteiger partial charge in [0.1, 0.15) is 11.5 Å². The molecule has 5 rings (SSSR count). The van der Waals surface area contributed by atoms with Crippen LogP contribution >= 0.6 is 0 Å². The van der Waals surface area contributed by atoms with E-state index in [0.717, 1.165) is 45.3 Å². The Bertz CT molecular complexity index is 1670. The van der Waals surface area contributed by atoms with Gasteiger partial charge in [-0.1, -0.05) is 24.3 Å². The molecule has 210 valence electrons. The van der Waals surface area contributed by atoms with Crippen molar-refractivity contribution >= 4 is 28.2 Å². The van der Waals surface area contributed by atoms with Gasteiger partial charge >= 0.3 is 12.1 Å². The Morgan fingerprint density at radius 3 is 2.07 bits per heavy atom. The Kier molecular flexibility index (Phi) is 7.61. The van der Waals surface area contributed by atoms with Gasteiger partial charge in [0.15, 0.2) is 0 Å². The fourth-order valence-corrected chi connectivity index (χ4v) is 4.74. The number of alkyl halides is 3. The number of aromatic nitrogens is 1. The van der Waals surface area contributed by atoms with Crippen LogP contribution in [0.3, 0.4) is 0 Å². The van der Waals surface area contributed by atoms with Gasteiger partial charge in [0, 0.05) is 35.0 Å². The zero-order valence-electron chi connectivity index (χ0n) is 22.2. The molecule has 0 aliphatic heterocycles. The maximum Gasteiger partial charge on any atom is 0.416 e. The molecule has 0 radical (unpaired) electrons. The predicted octanol–water partition coefficient (Wildman–Crippen LogP) is 7.44. The van der Waals surface area contributed by atoms with Crippen molar-refractivity contribution in [3.63, 3.8) is 0 Å². The number of anilines is 2. The van der Waals surface area contributed by atoms with Gasteiger partial charge in [0.25, 0.3) is 0 Å². The van der Waals surface area contributed by atoms with Crippen LogP contribution in [0.25, 0.3) is 22.0 Å². The van der Waals surface area contributed by atoms with Crippen molar-refractivity contribution in [2.75, 3.05) is 18.1 Å². The van der Waals surface area contributed by atoms with Crippen LogP contribution in [0.15, 0.2) is 91.1 Å². The Labute approximate surface area is 234 Å². The number of hydrogen-bond acceptors (Lipinski definition) is 5. The normalized spacial score (nSPS) is 11.5. The average molecular weight is 560 g/mol. The van der Waals surface area contributed by atoms with Crippen molar-refractivity contribution in [2.45, 2.75) is 26.1 Å². The molecule has 4 N–H and O–H groups in total. The smallest absolute Gasteiger partial charge is 0.416 e. The van der Waals surface area contributed by atoms with Gasteiger partial charge in [-0.2, -0.15) is 13.2 Å². The van der Waals surface area contributed by atoms with E-state index < -0.39 is 11.7 Å². The molecular formula is C32H28F3N3O3. The van der Waals surface area contributed by atoms with Crippen LogP contribution < -0.4 is 16.2 Å². The van der Waals surface area contributed by atoms with E-state index in [4.69, 9.17) is 20.9 Å². The molecule has 0 saturated carbocycles. The highest BCUT2D eigenvalue weighted by Crippen LogP contribution is 2.33. The highest BCUT2D eigenvalue weighted by atomic mass is 19.4. The van der Waals surface area contributed by atoms with E-state index in [9.17, 15) is 18.0 Å². The molecule has 5 aromatic rings. The summed E-state index contributed by atoms with van der Waals surface area (Å²) < 4.78 is 51.5. The molecule has 9 heteroatoms. The van der Waals surface area contributed by atoms with Crippen molar-refractivity contribution in [1.82, 2.24) is 4.57 Å². The summed E-state index contributed by atoms with van der Waals surface area (Å²) in [6, 6.07) is 23.3. The van der Waals surface area contributed by atoms with E-state index in [1.54, 1.807) is 25.1 Å². The molecule has 0 aliphatic rings. The topological polar surface area (TPSA) is 92.5 Å². The summed E-state index contributed by atoms with van der Waals surface area (Å²) >= 11 is 0. The third kappa shape index (κ3) is 6.46. The van der Waals surface area contributed by atoms with Crippen LogP contribution in [-0.2, 0) is 28.7 Å². The number of hydrogen-bond donors (Lipinski definition) is 2. The maximum absolute atomic E-state index is 12.8. The van der Waals surface area contributed by atoms with E-state index >= 15 is 0 Å². The zero-order valence-corrected chi connectivity index (χ0v) is 22.2. The molecule has 0 bridgehead atoms. The molecule has 0 amide bonds. The molecule has 0 spiro atoms. The molecule has 41 heavy (non-hydrogen) atoms. The standard InChI is InChI=1S/C32H28F3N3O3/c1-2-40-31(39)16-23-19-38(30-15-21(5-12-29(23)30)22-13-25(36)17-26(37)14-22)18-20-3-8-27(9-4-20)41-28-10-6-24(7-11-28)32(33,34)35/h3-15,17,19H,2,16,18,36-37H2,1H3. The molecule has 6 nitrogen and oxygen atoms in total. The average Bonchev–Trinajstić information content (AvgIpc) is 3.25. The van der Waals surface area contributed by atoms with Gasteiger partial charge in [-0.25, -0.2) is 0 Å². The molecule has 0 unspecified atom stereocenters. The second kappa shape index (κ2) is 11.3. The molecule has 1 heterocycles. The van der Waals surface area contributed by atoms with Crippen molar-refractivity contribution < 1.29 is 27.4 Å². The van der Waals surface area contributed by atoms with Gasteiger partial charge in [-0.05, 0) is 89.8 Å². The highest BCUT2D eigenvalue weighted by molar-refractivity contribution is 5.91. The number of fused-ring (bicyclic) bond motifs is 1. The third-order valence-corrected chi connectivity index (χ3v) is 6.61. The number of halogens is 3. The van der Waals surface area contributed by atoms with Crippen LogP contribution in [0.2, 0.25) is 0 Å². The van der Waals surface area contributed by atoms with E-state index in [1.807, 2.05) is 48.7 Å². The second-order valence-electron chi connectivity index (χ2n) is 9.65. The minimum atomic E-state index is -4.40. The monoisotopic (exact) mass is 559 g/mol. The van der Waals surface area contributed by atoms with Crippen LogP contribution in [0, 0.1) is 0 Å². The third-order valence-electron chi connectivity index (χ3n) is 6.61. The molecule has 0 atom stereocenters.